The van der Waals surface area contributed by atoms with Crippen molar-refractivity contribution in [1.82, 2.24) is 9.97 Å². The first-order valence-electron chi connectivity index (χ1n) is 7.62. The van der Waals surface area contributed by atoms with Crippen molar-refractivity contribution in [3.05, 3.63) is 16.5 Å². The van der Waals surface area contributed by atoms with Crippen molar-refractivity contribution in [2.45, 2.75) is 65.6 Å². The molecule has 0 aliphatic carbocycles. The van der Waals surface area contributed by atoms with E-state index in [9.17, 15) is 0 Å². The second kappa shape index (κ2) is 5.73. The van der Waals surface area contributed by atoms with Crippen molar-refractivity contribution >= 4 is 17.4 Å². The average Bonchev–Trinajstić information content (AvgIpc) is 2.29. The summed E-state index contributed by atoms with van der Waals surface area (Å²) >= 11 is 6.31. The van der Waals surface area contributed by atoms with Crippen LogP contribution >= 0.6 is 11.6 Å². The van der Waals surface area contributed by atoms with Gasteiger partial charge in [0, 0.05) is 25.1 Å². The molecule has 0 saturated carbocycles. The molecule has 0 amide bonds. The topological polar surface area (TPSA) is 38.2 Å². The molecule has 1 saturated heterocycles. The summed E-state index contributed by atoms with van der Waals surface area (Å²) < 4.78 is 6.14. The van der Waals surface area contributed by atoms with Crippen LogP contribution in [0.1, 0.15) is 52.4 Å². The highest BCUT2D eigenvalue weighted by atomic mass is 35.5. The number of rotatable bonds is 3. The minimum atomic E-state index is -0.212. The molecule has 1 aliphatic heterocycles. The summed E-state index contributed by atoms with van der Waals surface area (Å²) in [7, 11) is 0. The zero-order chi connectivity index (χ0) is 15.8. The van der Waals surface area contributed by atoms with E-state index in [1.54, 1.807) is 0 Å². The fraction of sp³-hybridized carbons (Fsp3) is 0.750. The molecule has 0 atom stereocenters. The predicted octanol–water partition coefficient (Wildman–Crippen LogP) is 3.78. The number of aromatic nitrogens is 2. The fourth-order valence-electron chi connectivity index (χ4n) is 3.10. The summed E-state index contributed by atoms with van der Waals surface area (Å²) in [5.74, 6) is 1.77. The van der Waals surface area contributed by atoms with Crippen LogP contribution in [0.3, 0.4) is 0 Å². The maximum Gasteiger partial charge on any atom is 0.137 e. The molecule has 2 rings (SSSR count). The Bertz CT molecular complexity index is 512. The van der Waals surface area contributed by atoms with Gasteiger partial charge >= 0.3 is 0 Å². The lowest BCUT2D eigenvalue weighted by Gasteiger charge is -2.48. The van der Waals surface area contributed by atoms with Gasteiger partial charge in [0.25, 0.3) is 0 Å². The maximum absolute atomic E-state index is 6.31. The van der Waals surface area contributed by atoms with E-state index in [1.807, 2.05) is 6.92 Å². The van der Waals surface area contributed by atoms with Crippen LogP contribution in [0.4, 0.5) is 5.82 Å². The SMILES string of the molecule is CCCc1nc(Cl)c(C)c(N2CC(C)(C)OC(C)(C)C2)n1. The number of aryl methyl sites for hydroxylation is 1. The number of nitrogens with zero attached hydrogens (tertiary/aromatic N) is 3. The van der Waals surface area contributed by atoms with E-state index < -0.39 is 0 Å². The number of morpholine rings is 1. The van der Waals surface area contributed by atoms with Gasteiger partial charge in [0.1, 0.15) is 16.8 Å². The summed E-state index contributed by atoms with van der Waals surface area (Å²) in [6, 6.07) is 0. The van der Waals surface area contributed by atoms with E-state index in [2.05, 4.69) is 44.5 Å². The largest absolute Gasteiger partial charge is 0.366 e. The van der Waals surface area contributed by atoms with Gasteiger partial charge in [-0.1, -0.05) is 18.5 Å². The summed E-state index contributed by atoms with van der Waals surface area (Å²) in [6.07, 6.45) is 1.86. The first kappa shape index (κ1) is 16.5. The fourth-order valence-corrected chi connectivity index (χ4v) is 3.28. The lowest BCUT2D eigenvalue weighted by Crippen LogP contribution is -2.57. The molecule has 0 aromatic carbocycles. The molecule has 4 nitrogen and oxygen atoms in total. The standard InChI is InChI=1S/C16H26ClN3O/c1-7-8-12-18-13(17)11(2)14(19-12)20-9-15(3,4)21-16(5,6)10-20/h7-10H2,1-6H3. The summed E-state index contributed by atoms with van der Waals surface area (Å²) in [6.45, 7) is 14.2. The van der Waals surface area contributed by atoms with Gasteiger partial charge in [0.05, 0.1) is 11.2 Å². The molecule has 0 bridgehead atoms. The Morgan fingerprint density at radius 3 is 2.24 bits per heavy atom. The molecule has 1 aromatic rings. The Morgan fingerprint density at radius 1 is 1.14 bits per heavy atom. The van der Waals surface area contributed by atoms with Crippen molar-refractivity contribution in [3.63, 3.8) is 0 Å². The summed E-state index contributed by atoms with van der Waals surface area (Å²) in [5.41, 5.74) is 0.526. The smallest absolute Gasteiger partial charge is 0.137 e. The van der Waals surface area contributed by atoms with Crippen LogP contribution in [0.2, 0.25) is 5.15 Å². The van der Waals surface area contributed by atoms with E-state index in [4.69, 9.17) is 21.3 Å². The molecule has 0 unspecified atom stereocenters. The summed E-state index contributed by atoms with van der Waals surface area (Å²) in [5, 5.41) is 0.561. The van der Waals surface area contributed by atoms with Crippen LogP contribution in [0, 0.1) is 6.92 Å². The van der Waals surface area contributed by atoms with Crippen molar-refractivity contribution in [2.75, 3.05) is 18.0 Å². The Hall–Kier alpha value is -0.870. The molecule has 21 heavy (non-hydrogen) atoms. The maximum atomic E-state index is 6.31. The van der Waals surface area contributed by atoms with Gasteiger partial charge in [-0.25, -0.2) is 9.97 Å². The lowest BCUT2D eigenvalue weighted by atomic mass is 9.98. The predicted molar refractivity (Wildman–Crippen MR) is 87.2 cm³/mol. The van der Waals surface area contributed by atoms with Gasteiger partial charge in [-0.05, 0) is 41.0 Å². The first-order chi connectivity index (χ1) is 9.63. The van der Waals surface area contributed by atoms with Crippen LogP contribution in [0.25, 0.3) is 0 Å². The summed E-state index contributed by atoms with van der Waals surface area (Å²) in [4.78, 5) is 11.4. The molecule has 2 heterocycles. The van der Waals surface area contributed by atoms with Crippen LogP contribution < -0.4 is 4.90 Å². The third-order valence-electron chi connectivity index (χ3n) is 3.58. The van der Waals surface area contributed by atoms with Gasteiger partial charge in [-0.15, -0.1) is 0 Å². The van der Waals surface area contributed by atoms with E-state index in [0.29, 0.717) is 5.15 Å². The molecular formula is C16H26ClN3O. The van der Waals surface area contributed by atoms with Gasteiger partial charge < -0.3 is 9.64 Å². The highest BCUT2D eigenvalue weighted by molar-refractivity contribution is 6.30. The highest BCUT2D eigenvalue weighted by Gasteiger charge is 2.39. The Kier molecular flexibility index (Phi) is 4.50. The van der Waals surface area contributed by atoms with E-state index >= 15 is 0 Å². The average molecular weight is 312 g/mol. The van der Waals surface area contributed by atoms with E-state index in [1.165, 1.54) is 0 Å². The van der Waals surface area contributed by atoms with Gasteiger partial charge in [-0.3, -0.25) is 0 Å². The zero-order valence-corrected chi connectivity index (χ0v) is 14.7. The second-order valence-electron chi connectivity index (χ2n) is 7.11. The van der Waals surface area contributed by atoms with Crippen LogP contribution in [0.15, 0.2) is 0 Å². The molecule has 0 radical (unpaired) electrons. The lowest BCUT2D eigenvalue weighted by molar-refractivity contribution is -0.133. The van der Waals surface area contributed by atoms with Crippen LogP contribution in [-0.2, 0) is 11.2 Å². The second-order valence-corrected chi connectivity index (χ2v) is 7.46. The molecule has 1 aromatic heterocycles. The monoisotopic (exact) mass is 311 g/mol. The van der Waals surface area contributed by atoms with Gasteiger partial charge in [0.15, 0.2) is 0 Å². The minimum Gasteiger partial charge on any atom is -0.366 e. The third kappa shape index (κ3) is 3.86. The first-order valence-corrected chi connectivity index (χ1v) is 7.99. The molecule has 5 heteroatoms. The zero-order valence-electron chi connectivity index (χ0n) is 14.0. The Balaban J connectivity index is 2.40. The number of hydrogen-bond donors (Lipinski definition) is 0. The van der Waals surface area contributed by atoms with Crippen LogP contribution in [0.5, 0.6) is 0 Å². The van der Waals surface area contributed by atoms with E-state index in [-0.39, 0.29) is 11.2 Å². The number of ether oxygens (including phenoxy) is 1. The van der Waals surface area contributed by atoms with Crippen LogP contribution in [-0.4, -0.2) is 34.3 Å². The molecule has 1 aliphatic rings. The van der Waals surface area contributed by atoms with Crippen molar-refractivity contribution in [3.8, 4) is 0 Å². The molecule has 1 fully saturated rings. The normalized spacial score (nSPS) is 20.6. The number of anilines is 1. The van der Waals surface area contributed by atoms with Gasteiger partial charge in [-0.2, -0.15) is 0 Å². The third-order valence-corrected chi connectivity index (χ3v) is 3.94. The Labute approximate surface area is 132 Å². The highest BCUT2D eigenvalue weighted by Crippen LogP contribution is 2.33. The quantitative estimate of drug-likeness (QED) is 0.796. The number of halogens is 1. The van der Waals surface area contributed by atoms with Crippen molar-refractivity contribution < 1.29 is 4.74 Å². The minimum absolute atomic E-state index is 0.212. The molecule has 0 N–H and O–H groups in total. The van der Waals surface area contributed by atoms with E-state index in [0.717, 1.165) is 43.1 Å². The number of hydrogen-bond acceptors (Lipinski definition) is 4. The molecule has 0 spiro atoms. The van der Waals surface area contributed by atoms with Crippen molar-refractivity contribution in [1.29, 1.82) is 0 Å². The Morgan fingerprint density at radius 2 is 1.71 bits per heavy atom. The van der Waals surface area contributed by atoms with Crippen molar-refractivity contribution in [2.24, 2.45) is 0 Å². The molecule has 118 valence electrons. The molecular weight excluding hydrogens is 286 g/mol. The van der Waals surface area contributed by atoms with Gasteiger partial charge in [0.2, 0.25) is 0 Å².